The number of carbonyl (C=O) groups is 2. The average molecular weight is 392 g/mol. The van der Waals surface area contributed by atoms with Crippen LogP contribution in [0.3, 0.4) is 0 Å². The molecule has 1 aliphatic rings. The fourth-order valence-corrected chi connectivity index (χ4v) is 3.00. The first kappa shape index (κ1) is 20.9. The third-order valence-corrected chi connectivity index (χ3v) is 4.40. The Morgan fingerprint density at radius 3 is 2.89 bits per heavy atom. The molecule has 1 aromatic heterocycles. The van der Waals surface area contributed by atoms with Crippen LogP contribution in [0.1, 0.15) is 53.1 Å². The number of nitrogens with zero attached hydrogens (tertiary/aromatic N) is 2. The Labute approximate surface area is 165 Å². The highest BCUT2D eigenvalue weighted by Crippen LogP contribution is 2.17. The number of aromatic nitrogens is 2. The van der Waals surface area contributed by atoms with Crippen LogP contribution >= 0.6 is 12.4 Å². The van der Waals surface area contributed by atoms with Gasteiger partial charge in [-0.3, -0.25) is 14.3 Å². The summed E-state index contributed by atoms with van der Waals surface area (Å²) in [5, 5.41) is 13.4. The van der Waals surface area contributed by atoms with E-state index < -0.39 is 0 Å². The maximum atomic E-state index is 12.5. The minimum atomic E-state index is -0.279. The Hall–Kier alpha value is -2.38. The Morgan fingerprint density at radius 1 is 1.30 bits per heavy atom. The van der Waals surface area contributed by atoms with Crippen molar-refractivity contribution in [3.8, 4) is 0 Å². The van der Waals surface area contributed by atoms with Crippen LogP contribution in [-0.4, -0.2) is 41.2 Å². The average Bonchev–Trinajstić information content (AvgIpc) is 3.17. The van der Waals surface area contributed by atoms with Crippen LogP contribution < -0.4 is 16.0 Å². The van der Waals surface area contributed by atoms with E-state index in [4.69, 9.17) is 0 Å². The van der Waals surface area contributed by atoms with Gasteiger partial charge in [-0.05, 0) is 50.1 Å². The molecule has 1 unspecified atom stereocenters. The van der Waals surface area contributed by atoms with E-state index in [2.05, 4.69) is 21.0 Å². The SMILES string of the molecule is CCCNC(=O)c1cccc(NC(=O)c2ccn(C3CCCNC3)n2)c1.Cl. The predicted molar refractivity (Wildman–Crippen MR) is 108 cm³/mol. The lowest BCUT2D eigenvalue weighted by Crippen LogP contribution is -2.32. The van der Waals surface area contributed by atoms with Gasteiger partial charge in [-0.15, -0.1) is 12.4 Å². The van der Waals surface area contributed by atoms with Crippen LogP contribution in [0.25, 0.3) is 0 Å². The highest BCUT2D eigenvalue weighted by atomic mass is 35.5. The summed E-state index contributed by atoms with van der Waals surface area (Å²) in [7, 11) is 0. The Bertz CT molecular complexity index is 771. The molecular weight excluding hydrogens is 366 g/mol. The van der Waals surface area contributed by atoms with Crippen LogP contribution in [0.4, 0.5) is 5.69 Å². The smallest absolute Gasteiger partial charge is 0.276 e. The van der Waals surface area contributed by atoms with E-state index in [1.54, 1.807) is 30.3 Å². The molecule has 1 atom stereocenters. The molecule has 146 valence electrons. The van der Waals surface area contributed by atoms with Crippen molar-refractivity contribution in [1.29, 1.82) is 0 Å². The van der Waals surface area contributed by atoms with Gasteiger partial charge in [-0.2, -0.15) is 5.10 Å². The molecule has 0 radical (unpaired) electrons. The van der Waals surface area contributed by atoms with Gasteiger partial charge < -0.3 is 16.0 Å². The van der Waals surface area contributed by atoms with Gasteiger partial charge in [0.1, 0.15) is 0 Å². The first-order valence-corrected chi connectivity index (χ1v) is 9.13. The van der Waals surface area contributed by atoms with E-state index in [-0.39, 0.29) is 30.3 Å². The molecule has 0 aliphatic carbocycles. The first-order valence-electron chi connectivity index (χ1n) is 9.13. The van der Waals surface area contributed by atoms with Crippen LogP contribution in [0.2, 0.25) is 0 Å². The van der Waals surface area contributed by atoms with E-state index in [9.17, 15) is 9.59 Å². The minimum Gasteiger partial charge on any atom is -0.352 e. The molecule has 0 bridgehead atoms. The fourth-order valence-electron chi connectivity index (χ4n) is 3.00. The third-order valence-electron chi connectivity index (χ3n) is 4.40. The van der Waals surface area contributed by atoms with Gasteiger partial charge in [0.15, 0.2) is 5.69 Å². The van der Waals surface area contributed by atoms with Gasteiger partial charge in [0.05, 0.1) is 6.04 Å². The number of benzene rings is 1. The summed E-state index contributed by atoms with van der Waals surface area (Å²) in [5.41, 5.74) is 1.47. The zero-order valence-electron chi connectivity index (χ0n) is 15.4. The number of hydrogen-bond donors (Lipinski definition) is 3. The van der Waals surface area contributed by atoms with E-state index in [0.717, 1.165) is 32.4 Å². The second kappa shape index (κ2) is 10.1. The second-order valence-corrected chi connectivity index (χ2v) is 6.47. The molecule has 8 heteroatoms. The van der Waals surface area contributed by atoms with E-state index >= 15 is 0 Å². The molecule has 27 heavy (non-hydrogen) atoms. The standard InChI is InChI=1S/C19H25N5O2.ClH/c1-2-9-21-18(25)14-5-3-6-15(12-14)22-19(26)17-8-11-24(23-17)16-7-4-10-20-13-16;/h3,5-6,8,11-12,16,20H,2,4,7,9-10,13H2,1H3,(H,21,25)(H,22,26);1H. The minimum absolute atomic E-state index is 0. The van der Waals surface area contributed by atoms with E-state index in [1.807, 2.05) is 17.8 Å². The monoisotopic (exact) mass is 391 g/mol. The van der Waals surface area contributed by atoms with Crippen molar-refractivity contribution in [3.05, 3.63) is 47.8 Å². The van der Waals surface area contributed by atoms with Gasteiger partial charge >= 0.3 is 0 Å². The summed E-state index contributed by atoms with van der Waals surface area (Å²) in [6.07, 6.45) is 4.89. The largest absolute Gasteiger partial charge is 0.352 e. The molecule has 0 spiro atoms. The van der Waals surface area contributed by atoms with Crippen molar-refractivity contribution in [1.82, 2.24) is 20.4 Å². The second-order valence-electron chi connectivity index (χ2n) is 6.47. The zero-order valence-corrected chi connectivity index (χ0v) is 16.2. The van der Waals surface area contributed by atoms with E-state index in [1.165, 1.54) is 0 Å². The van der Waals surface area contributed by atoms with Crippen LogP contribution in [0.15, 0.2) is 36.5 Å². The van der Waals surface area contributed by atoms with Crippen molar-refractivity contribution >= 4 is 29.9 Å². The van der Waals surface area contributed by atoms with Crippen LogP contribution in [-0.2, 0) is 0 Å². The van der Waals surface area contributed by atoms with Crippen LogP contribution in [0.5, 0.6) is 0 Å². The number of piperidine rings is 1. The topological polar surface area (TPSA) is 88.0 Å². The van der Waals surface area contributed by atoms with Crippen molar-refractivity contribution in [3.63, 3.8) is 0 Å². The van der Waals surface area contributed by atoms with Crippen LogP contribution in [0, 0.1) is 0 Å². The molecule has 1 fully saturated rings. The fraction of sp³-hybridized carbons (Fsp3) is 0.421. The number of nitrogens with one attached hydrogen (secondary N) is 3. The highest BCUT2D eigenvalue weighted by Gasteiger charge is 2.18. The molecule has 1 aromatic carbocycles. The molecule has 1 saturated heterocycles. The number of rotatable bonds is 6. The van der Waals surface area contributed by atoms with Gasteiger partial charge in [0, 0.05) is 30.5 Å². The lowest BCUT2D eigenvalue weighted by Gasteiger charge is -2.22. The zero-order chi connectivity index (χ0) is 18.4. The molecule has 3 N–H and O–H groups in total. The maximum Gasteiger partial charge on any atom is 0.276 e. The number of hydrogen-bond acceptors (Lipinski definition) is 4. The molecule has 2 heterocycles. The lowest BCUT2D eigenvalue weighted by molar-refractivity contribution is 0.0952. The summed E-state index contributed by atoms with van der Waals surface area (Å²) in [4.78, 5) is 24.5. The molecule has 2 aromatic rings. The molecule has 2 amide bonds. The summed E-state index contributed by atoms with van der Waals surface area (Å²) in [6, 6.07) is 8.92. The molecule has 3 rings (SSSR count). The number of halogens is 1. The van der Waals surface area contributed by atoms with Gasteiger partial charge in [0.2, 0.25) is 0 Å². The van der Waals surface area contributed by atoms with Gasteiger partial charge in [-0.1, -0.05) is 13.0 Å². The quantitative estimate of drug-likeness (QED) is 0.706. The highest BCUT2D eigenvalue weighted by molar-refractivity contribution is 6.03. The predicted octanol–water partition coefficient (Wildman–Crippen LogP) is 2.62. The molecule has 0 saturated carbocycles. The van der Waals surface area contributed by atoms with Crippen molar-refractivity contribution < 1.29 is 9.59 Å². The van der Waals surface area contributed by atoms with Crippen molar-refractivity contribution in [2.24, 2.45) is 0 Å². The van der Waals surface area contributed by atoms with Gasteiger partial charge in [0.25, 0.3) is 11.8 Å². The number of carbonyl (C=O) groups excluding carboxylic acids is 2. The molecule has 1 aliphatic heterocycles. The summed E-state index contributed by atoms with van der Waals surface area (Å²) < 4.78 is 1.86. The summed E-state index contributed by atoms with van der Waals surface area (Å²) in [5.74, 6) is -0.421. The Morgan fingerprint density at radius 2 is 2.15 bits per heavy atom. The normalized spacial score (nSPS) is 16.3. The molecule has 7 nitrogen and oxygen atoms in total. The summed E-state index contributed by atoms with van der Waals surface area (Å²) >= 11 is 0. The lowest BCUT2D eigenvalue weighted by atomic mass is 10.1. The molecular formula is C19H26ClN5O2. The van der Waals surface area contributed by atoms with Crippen molar-refractivity contribution in [2.75, 3.05) is 25.0 Å². The third kappa shape index (κ3) is 5.55. The van der Waals surface area contributed by atoms with E-state index in [0.29, 0.717) is 23.5 Å². The number of amides is 2. The maximum absolute atomic E-state index is 12.5. The van der Waals surface area contributed by atoms with Gasteiger partial charge in [-0.25, -0.2) is 0 Å². The first-order chi connectivity index (χ1) is 12.7. The Balaban J connectivity index is 0.00000261. The number of anilines is 1. The van der Waals surface area contributed by atoms with Crippen molar-refractivity contribution in [2.45, 2.75) is 32.2 Å². The summed E-state index contributed by atoms with van der Waals surface area (Å²) in [6.45, 7) is 4.53. The Kier molecular flexibility index (Phi) is 7.82.